The monoisotopic (exact) mass is 305 g/mol. The van der Waals surface area contributed by atoms with Crippen LogP contribution in [0.15, 0.2) is 24.3 Å². The highest BCUT2D eigenvalue weighted by atomic mass is 16.5. The molecule has 1 saturated carbocycles. The van der Waals surface area contributed by atoms with Gasteiger partial charge in [-0.05, 0) is 30.5 Å². The van der Waals surface area contributed by atoms with E-state index in [9.17, 15) is 4.79 Å². The minimum absolute atomic E-state index is 0.299. The smallest absolute Gasteiger partial charge is 0.341 e. The standard InChI is InChI=1S/C17H23NO4/c19-17(20)12-22-14-7-5-13(6-8-14)11-18-9-10-21-16-4-2-1-3-15(16)18/h5-8,15-16H,1-4,9-12H2,(H,19,20)/t15-,16-/m0/s1. The van der Waals surface area contributed by atoms with E-state index in [4.69, 9.17) is 14.6 Å². The average molecular weight is 305 g/mol. The summed E-state index contributed by atoms with van der Waals surface area (Å²) in [6.07, 6.45) is 5.39. The van der Waals surface area contributed by atoms with Crippen molar-refractivity contribution in [2.24, 2.45) is 0 Å². The van der Waals surface area contributed by atoms with E-state index in [0.29, 0.717) is 17.9 Å². The Hall–Kier alpha value is -1.59. The number of morpholine rings is 1. The molecule has 0 radical (unpaired) electrons. The Labute approximate surface area is 130 Å². The predicted molar refractivity (Wildman–Crippen MR) is 82.0 cm³/mol. The summed E-state index contributed by atoms with van der Waals surface area (Å²) in [6.45, 7) is 2.43. The first-order valence-corrected chi connectivity index (χ1v) is 8.01. The number of hydrogen-bond acceptors (Lipinski definition) is 4. The maximum atomic E-state index is 10.5. The van der Waals surface area contributed by atoms with Gasteiger partial charge in [-0.1, -0.05) is 25.0 Å². The highest BCUT2D eigenvalue weighted by molar-refractivity contribution is 5.68. The zero-order chi connectivity index (χ0) is 15.4. The van der Waals surface area contributed by atoms with Crippen LogP contribution in [0.3, 0.4) is 0 Å². The summed E-state index contributed by atoms with van der Waals surface area (Å²) < 4.78 is 11.1. The summed E-state index contributed by atoms with van der Waals surface area (Å²) in [5, 5.41) is 8.61. The molecule has 1 saturated heterocycles. The molecule has 0 amide bonds. The molecule has 1 aromatic rings. The molecule has 5 heteroatoms. The van der Waals surface area contributed by atoms with Crippen LogP contribution in [0.1, 0.15) is 31.2 Å². The number of ether oxygens (including phenoxy) is 2. The van der Waals surface area contributed by atoms with Gasteiger partial charge in [0.25, 0.3) is 0 Å². The Bertz CT molecular complexity index is 500. The number of rotatable bonds is 5. The Morgan fingerprint density at radius 2 is 2.05 bits per heavy atom. The fraction of sp³-hybridized carbons (Fsp3) is 0.588. The Morgan fingerprint density at radius 3 is 2.82 bits per heavy atom. The van der Waals surface area contributed by atoms with Crippen molar-refractivity contribution in [1.29, 1.82) is 0 Å². The van der Waals surface area contributed by atoms with Crippen molar-refractivity contribution in [3.05, 3.63) is 29.8 Å². The molecule has 0 bridgehead atoms. The normalized spacial score (nSPS) is 25.5. The van der Waals surface area contributed by atoms with Gasteiger partial charge < -0.3 is 14.6 Å². The van der Waals surface area contributed by atoms with Gasteiger partial charge in [0.05, 0.1) is 12.7 Å². The quantitative estimate of drug-likeness (QED) is 0.904. The molecule has 0 unspecified atom stereocenters. The molecular formula is C17H23NO4. The molecule has 3 rings (SSSR count). The second kappa shape index (κ2) is 7.11. The molecule has 120 valence electrons. The van der Waals surface area contributed by atoms with Crippen LogP contribution in [0.2, 0.25) is 0 Å². The van der Waals surface area contributed by atoms with Gasteiger partial charge in [0.15, 0.2) is 6.61 Å². The lowest BCUT2D eigenvalue weighted by Crippen LogP contribution is -2.52. The van der Waals surface area contributed by atoms with E-state index in [1.165, 1.54) is 31.2 Å². The fourth-order valence-corrected chi connectivity index (χ4v) is 3.44. The van der Waals surface area contributed by atoms with Gasteiger partial charge in [-0.3, -0.25) is 4.90 Å². The molecule has 2 fully saturated rings. The third kappa shape index (κ3) is 3.78. The van der Waals surface area contributed by atoms with E-state index >= 15 is 0 Å². The molecule has 1 aromatic carbocycles. The van der Waals surface area contributed by atoms with Crippen molar-refractivity contribution in [3.63, 3.8) is 0 Å². The van der Waals surface area contributed by atoms with Crippen LogP contribution in [-0.2, 0) is 16.1 Å². The van der Waals surface area contributed by atoms with Crippen molar-refractivity contribution in [3.8, 4) is 5.75 Å². The second-order valence-electron chi connectivity index (χ2n) is 6.06. The van der Waals surface area contributed by atoms with Crippen molar-refractivity contribution in [2.75, 3.05) is 19.8 Å². The lowest BCUT2D eigenvalue weighted by molar-refractivity contribution is -0.139. The van der Waals surface area contributed by atoms with Crippen LogP contribution in [0, 0.1) is 0 Å². The minimum atomic E-state index is -0.958. The molecular weight excluding hydrogens is 282 g/mol. The highest BCUT2D eigenvalue weighted by Gasteiger charge is 2.33. The van der Waals surface area contributed by atoms with Crippen molar-refractivity contribution >= 4 is 5.97 Å². The summed E-state index contributed by atoms with van der Waals surface area (Å²) >= 11 is 0. The number of carboxylic acid groups (broad SMARTS) is 1. The number of benzene rings is 1. The molecule has 2 atom stereocenters. The number of aliphatic carboxylic acids is 1. The molecule has 5 nitrogen and oxygen atoms in total. The molecule has 1 aliphatic carbocycles. The summed E-state index contributed by atoms with van der Waals surface area (Å²) in [6, 6.07) is 8.27. The maximum Gasteiger partial charge on any atom is 0.341 e. The second-order valence-corrected chi connectivity index (χ2v) is 6.06. The summed E-state index contributed by atoms with van der Waals surface area (Å²) in [7, 11) is 0. The molecule has 2 aliphatic rings. The predicted octanol–water partition coefficient (Wildman–Crippen LogP) is 2.29. The molecule has 0 spiro atoms. The average Bonchev–Trinajstić information content (AvgIpc) is 2.54. The van der Waals surface area contributed by atoms with E-state index in [-0.39, 0.29) is 6.61 Å². The van der Waals surface area contributed by atoms with Gasteiger partial charge >= 0.3 is 5.97 Å². The molecule has 22 heavy (non-hydrogen) atoms. The van der Waals surface area contributed by atoms with Crippen LogP contribution >= 0.6 is 0 Å². The Kier molecular flexibility index (Phi) is 4.95. The maximum absolute atomic E-state index is 10.5. The van der Waals surface area contributed by atoms with Crippen molar-refractivity contribution in [1.82, 2.24) is 4.90 Å². The van der Waals surface area contributed by atoms with Crippen LogP contribution < -0.4 is 4.74 Å². The summed E-state index contributed by atoms with van der Waals surface area (Å²) in [5.41, 5.74) is 1.23. The van der Waals surface area contributed by atoms with E-state index in [0.717, 1.165) is 19.7 Å². The SMILES string of the molecule is O=C(O)COc1ccc(CN2CCO[C@H]3CCCC[C@@H]32)cc1. The Morgan fingerprint density at radius 1 is 1.27 bits per heavy atom. The van der Waals surface area contributed by atoms with Crippen molar-refractivity contribution in [2.45, 2.75) is 44.4 Å². The topological polar surface area (TPSA) is 59.0 Å². The number of fused-ring (bicyclic) bond motifs is 1. The first-order chi connectivity index (χ1) is 10.7. The fourth-order valence-electron chi connectivity index (χ4n) is 3.44. The van der Waals surface area contributed by atoms with Gasteiger partial charge in [-0.25, -0.2) is 4.79 Å². The van der Waals surface area contributed by atoms with E-state index in [2.05, 4.69) is 4.90 Å². The van der Waals surface area contributed by atoms with Crippen LogP contribution in [0.5, 0.6) is 5.75 Å². The number of carbonyl (C=O) groups is 1. The van der Waals surface area contributed by atoms with E-state index in [1.54, 1.807) is 0 Å². The summed E-state index contributed by atoms with van der Waals surface area (Å²) in [5.74, 6) is -0.357. The van der Waals surface area contributed by atoms with Gasteiger partial charge in [-0.15, -0.1) is 0 Å². The lowest BCUT2D eigenvalue weighted by atomic mass is 9.90. The van der Waals surface area contributed by atoms with Gasteiger partial charge in [-0.2, -0.15) is 0 Å². The summed E-state index contributed by atoms with van der Waals surface area (Å²) in [4.78, 5) is 13.0. The van der Waals surface area contributed by atoms with Gasteiger partial charge in [0.2, 0.25) is 0 Å². The van der Waals surface area contributed by atoms with E-state index < -0.39 is 5.97 Å². The third-order valence-electron chi connectivity index (χ3n) is 4.52. The molecule has 1 aliphatic heterocycles. The van der Waals surface area contributed by atoms with Crippen LogP contribution in [0.4, 0.5) is 0 Å². The molecule has 1 heterocycles. The number of carboxylic acids is 1. The third-order valence-corrected chi connectivity index (χ3v) is 4.52. The molecule has 0 aromatic heterocycles. The largest absolute Gasteiger partial charge is 0.482 e. The highest BCUT2D eigenvalue weighted by Crippen LogP contribution is 2.29. The first-order valence-electron chi connectivity index (χ1n) is 8.01. The first kappa shape index (κ1) is 15.3. The molecule has 1 N–H and O–H groups in total. The van der Waals surface area contributed by atoms with Crippen LogP contribution in [0.25, 0.3) is 0 Å². The number of hydrogen-bond donors (Lipinski definition) is 1. The van der Waals surface area contributed by atoms with Gasteiger partial charge in [0, 0.05) is 19.1 Å². The minimum Gasteiger partial charge on any atom is -0.482 e. The van der Waals surface area contributed by atoms with Crippen LogP contribution in [-0.4, -0.2) is 47.9 Å². The zero-order valence-corrected chi connectivity index (χ0v) is 12.7. The van der Waals surface area contributed by atoms with E-state index in [1.807, 2.05) is 24.3 Å². The Balaban J connectivity index is 1.58. The van der Waals surface area contributed by atoms with Crippen molar-refractivity contribution < 1.29 is 19.4 Å². The lowest BCUT2D eigenvalue weighted by Gasteiger charge is -2.43. The zero-order valence-electron chi connectivity index (χ0n) is 12.7. The number of nitrogens with zero attached hydrogens (tertiary/aromatic N) is 1. The van der Waals surface area contributed by atoms with Gasteiger partial charge in [0.1, 0.15) is 5.75 Å².